The van der Waals surface area contributed by atoms with E-state index in [0.29, 0.717) is 0 Å². The smallest absolute Gasteiger partial charge is 0.0223 e. The van der Waals surface area contributed by atoms with Gasteiger partial charge in [-0.2, -0.15) is 0 Å². The number of unbranched alkanes of at least 4 members (excludes halogenated alkanes) is 1. The van der Waals surface area contributed by atoms with Gasteiger partial charge in [-0.05, 0) is 57.1 Å². The molecule has 0 amide bonds. The van der Waals surface area contributed by atoms with Crippen molar-refractivity contribution in [3.8, 4) is 0 Å². The molecule has 0 saturated heterocycles. The molecule has 4 aromatic rings. The second kappa shape index (κ2) is 5.20. The Morgan fingerprint density at radius 3 is 2.10 bits per heavy atom. The first-order valence-corrected chi connectivity index (χ1v) is 8.13. The maximum absolute atomic E-state index is 5.81. The predicted octanol–water partition coefficient (Wildman–Crippen LogP) is 6.15. The quantitative estimate of drug-likeness (QED) is 0.240. The van der Waals surface area contributed by atoms with Crippen LogP contribution in [0.3, 0.4) is 0 Å². The molecule has 0 spiro atoms. The highest BCUT2D eigenvalue weighted by Gasteiger charge is 2.10. The Balaban J connectivity index is 2.01. The lowest BCUT2D eigenvalue weighted by Crippen LogP contribution is -1.91. The van der Waals surface area contributed by atoms with E-state index in [1.165, 1.54) is 37.9 Å². The van der Waals surface area contributed by atoms with Gasteiger partial charge in [0, 0.05) is 5.88 Å². The van der Waals surface area contributed by atoms with Crippen molar-refractivity contribution in [1.82, 2.24) is 0 Å². The highest BCUT2D eigenvalue weighted by molar-refractivity contribution is 6.23. The van der Waals surface area contributed by atoms with E-state index in [1.807, 2.05) is 0 Å². The highest BCUT2D eigenvalue weighted by Crippen LogP contribution is 2.36. The molecule has 4 aromatic carbocycles. The Morgan fingerprint density at radius 1 is 0.667 bits per heavy atom. The molecule has 0 atom stereocenters. The van der Waals surface area contributed by atoms with Gasteiger partial charge in [-0.1, -0.05) is 54.6 Å². The first-order chi connectivity index (χ1) is 10.4. The maximum Gasteiger partial charge on any atom is 0.0223 e. The number of hydrogen-bond acceptors (Lipinski definition) is 0. The molecule has 0 aliphatic rings. The van der Waals surface area contributed by atoms with Gasteiger partial charge in [0.15, 0.2) is 0 Å². The monoisotopic (exact) mass is 292 g/mol. The van der Waals surface area contributed by atoms with Gasteiger partial charge in [0.05, 0.1) is 0 Å². The van der Waals surface area contributed by atoms with Crippen LogP contribution in [-0.2, 0) is 6.42 Å². The minimum absolute atomic E-state index is 0.756. The standard InChI is InChI=1S/C20H17Cl/c21-13-2-1-4-14-7-8-17-10-9-15-5-3-6-16-11-12-18(14)20(17)19(15)16/h3,5-12H,1-2,4,13H2. The molecule has 0 N–H and O–H groups in total. The summed E-state index contributed by atoms with van der Waals surface area (Å²) in [5.41, 5.74) is 1.45. The Bertz CT molecular complexity index is 892. The van der Waals surface area contributed by atoms with Gasteiger partial charge in [0.1, 0.15) is 0 Å². The maximum atomic E-state index is 5.81. The van der Waals surface area contributed by atoms with Gasteiger partial charge in [-0.15, -0.1) is 11.6 Å². The number of benzene rings is 4. The van der Waals surface area contributed by atoms with Gasteiger partial charge in [-0.25, -0.2) is 0 Å². The lowest BCUT2D eigenvalue weighted by atomic mass is 9.91. The molecule has 4 rings (SSSR count). The summed E-state index contributed by atoms with van der Waals surface area (Å²) >= 11 is 5.81. The third kappa shape index (κ3) is 2.06. The molecular formula is C20H17Cl. The summed E-state index contributed by atoms with van der Waals surface area (Å²) in [6, 6.07) is 20.1. The van der Waals surface area contributed by atoms with Gasteiger partial charge in [-0.3, -0.25) is 0 Å². The summed E-state index contributed by atoms with van der Waals surface area (Å²) in [5.74, 6) is 0.756. The average Bonchev–Trinajstić information content (AvgIpc) is 2.54. The van der Waals surface area contributed by atoms with Crippen molar-refractivity contribution in [2.75, 3.05) is 5.88 Å². The minimum atomic E-state index is 0.756. The summed E-state index contributed by atoms with van der Waals surface area (Å²) in [4.78, 5) is 0. The Morgan fingerprint density at radius 2 is 1.33 bits per heavy atom. The molecular weight excluding hydrogens is 276 g/mol. The number of alkyl halides is 1. The molecule has 0 aliphatic heterocycles. The fraction of sp³-hybridized carbons (Fsp3) is 0.200. The third-order valence-corrected chi connectivity index (χ3v) is 4.72. The average molecular weight is 293 g/mol. The van der Waals surface area contributed by atoms with E-state index >= 15 is 0 Å². The van der Waals surface area contributed by atoms with Crippen molar-refractivity contribution >= 4 is 43.9 Å². The van der Waals surface area contributed by atoms with E-state index in [2.05, 4.69) is 54.6 Å². The second-order valence-electron chi connectivity index (χ2n) is 5.73. The zero-order chi connectivity index (χ0) is 14.2. The van der Waals surface area contributed by atoms with Crippen molar-refractivity contribution < 1.29 is 0 Å². The van der Waals surface area contributed by atoms with Crippen LogP contribution in [0.5, 0.6) is 0 Å². The molecule has 0 nitrogen and oxygen atoms in total. The molecule has 0 saturated carbocycles. The summed E-state index contributed by atoms with van der Waals surface area (Å²) in [5, 5.41) is 8.26. The summed E-state index contributed by atoms with van der Waals surface area (Å²) in [6.07, 6.45) is 3.36. The molecule has 0 heterocycles. The SMILES string of the molecule is ClCCCCc1ccc2ccc3cccc4ccc1c2c34. The lowest BCUT2D eigenvalue weighted by molar-refractivity contribution is 0.804. The van der Waals surface area contributed by atoms with E-state index in [-0.39, 0.29) is 0 Å². The van der Waals surface area contributed by atoms with Crippen molar-refractivity contribution in [2.24, 2.45) is 0 Å². The first-order valence-electron chi connectivity index (χ1n) is 7.60. The van der Waals surface area contributed by atoms with Crippen molar-refractivity contribution in [2.45, 2.75) is 19.3 Å². The predicted molar refractivity (Wildman–Crippen MR) is 93.8 cm³/mol. The fourth-order valence-electron chi connectivity index (χ4n) is 3.42. The van der Waals surface area contributed by atoms with Crippen LogP contribution in [0.1, 0.15) is 18.4 Å². The Hall–Kier alpha value is -1.79. The molecule has 0 radical (unpaired) electrons. The van der Waals surface area contributed by atoms with Crippen LogP contribution in [0, 0.1) is 0 Å². The van der Waals surface area contributed by atoms with Crippen LogP contribution >= 0.6 is 11.6 Å². The largest absolute Gasteiger partial charge is 0.127 e. The van der Waals surface area contributed by atoms with Crippen molar-refractivity contribution in [3.63, 3.8) is 0 Å². The first kappa shape index (κ1) is 12.9. The molecule has 0 aliphatic carbocycles. The van der Waals surface area contributed by atoms with Gasteiger partial charge in [0.25, 0.3) is 0 Å². The summed E-state index contributed by atoms with van der Waals surface area (Å²) in [6.45, 7) is 0. The van der Waals surface area contributed by atoms with Crippen LogP contribution in [0.4, 0.5) is 0 Å². The van der Waals surface area contributed by atoms with Crippen molar-refractivity contribution in [3.05, 3.63) is 60.2 Å². The third-order valence-electron chi connectivity index (χ3n) is 4.45. The molecule has 0 aromatic heterocycles. The highest BCUT2D eigenvalue weighted by atomic mass is 35.5. The Kier molecular flexibility index (Phi) is 3.20. The number of hydrogen-bond donors (Lipinski definition) is 0. The summed E-state index contributed by atoms with van der Waals surface area (Å²) < 4.78 is 0. The van der Waals surface area contributed by atoms with E-state index in [9.17, 15) is 0 Å². The molecule has 104 valence electrons. The minimum Gasteiger partial charge on any atom is -0.127 e. The number of aryl methyl sites for hydroxylation is 1. The van der Waals surface area contributed by atoms with Crippen LogP contribution in [-0.4, -0.2) is 5.88 Å². The van der Waals surface area contributed by atoms with Gasteiger partial charge in [0.2, 0.25) is 0 Å². The molecule has 21 heavy (non-hydrogen) atoms. The van der Waals surface area contributed by atoms with E-state index in [4.69, 9.17) is 11.6 Å². The second-order valence-corrected chi connectivity index (χ2v) is 6.10. The van der Waals surface area contributed by atoms with Gasteiger partial charge < -0.3 is 0 Å². The fourth-order valence-corrected chi connectivity index (χ4v) is 3.61. The topological polar surface area (TPSA) is 0 Å². The Labute approximate surface area is 129 Å². The zero-order valence-electron chi connectivity index (χ0n) is 11.9. The van der Waals surface area contributed by atoms with Crippen molar-refractivity contribution in [1.29, 1.82) is 0 Å². The normalized spacial score (nSPS) is 11.9. The summed E-state index contributed by atoms with van der Waals surface area (Å²) in [7, 11) is 0. The van der Waals surface area contributed by atoms with E-state index in [1.54, 1.807) is 0 Å². The molecule has 0 unspecified atom stereocenters. The van der Waals surface area contributed by atoms with Crippen LogP contribution in [0.15, 0.2) is 54.6 Å². The number of halogens is 1. The van der Waals surface area contributed by atoms with E-state index < -0.39 is 0 Å². The zero-order valence-corrected chi connectivity index (χ0v) is 12.7. The molecule has 1 heteroatoms. The van der Waals surface area contributed by atoms with Crippen LogP contribution in [0.2, 0.25) is 0 Å². The molecule has 0 bridgehead atoms. The molecule has 0 fully saturated rings. The lowest BCUT2D eigenvalue weighted by Gasteiger charge is -2.13. The van der Waals surface area contributed by atoms with Gasteiger partial charge >= 0.3 is 0 Å². The number of rotatable bonds is 4. The van der Waals surface area contributed by atoms with Crippen LogP contribution in [0.25, 0.3) is 32.3 Å². The van der Waals surface area contributed by atoms with E-state index in [0.717, 1.165) is 25.1 Å². The van der Waals surface area contributed by atoms with Crippen LogP contribution < -0.4 is 0 Å².